The third kappa shape index (κ3) is 3.84. The monoisotopic (exact) mass is 730 g/mol. The Hall–Kier alpha value is -2.76. The maximum absolute atomic E-state index is 12.6. The highest BCUT2D eigenvalue weighted by atomic mass is 16.6. The Morgan fingerprint density at radius 3 is 1.55 bits per heavy atom. The second kappa shape index (κ2) is 10.5. The van der Waals surface area contributed by atoms with Gasteiger partial charge in [-0.1, -0.05) is 51.0 Å². The van der Waals surface area contributed by atoms with Crippen molar-refractivity contribution in [3.05, 3.63) is 47.6 Å². The van der Waals surface area contributed by atoms with Crippen LogP contribution < -0.4 is 0 Å². The Kier molecular flexibility index (Phi) is 7.15. The Morgan fingerprint density at radius 1 is 0.717 bits per heavy atom. The highest BCUT2D eigenvalue weighted by molar-refractivity contribution is 6.02. The van der Waals surface area contributed by atoms with Crippen LogP contribution in [0.5, 0.6) is 0 Å². The van der Waals surface area contributed by atoms with Gasteiger partial charge in [0.1, 0.15) is 23.4 Å². The van der Waals surface area contributed by atoms with Crippen molar-refractivity contribution in [1.82, 2.24) is 0 Å². The lowest BCUT2D eigenvalue weighted by molar-refractivity contribution is -0.183. The number of hydrogen-bond acceptors (Lipinski definition) is 9. The number of hydrogen-bond donors (Lipinski definition) is 4. The van der Waals surface area contributed by atoms with Gasteiger partial charge in [-0.15, -0.1) is 0 Å². The number of carbonyl (C=O) groups is 4. The fraction of sp³-hybridized carbons (Fsp3) is 0.721. The second-order valence-electron chi connectivity index (χ2n) is 19.5. The first-order chi connectivity index (χ1) is 24.8. The number of ether oxygens (including phenoxy) is 2. The van der Waals surface area contributed by atoms with Crippen LogP contribution in [0.1, 0.15) is 92.9 Å². The summed E-state index contributed by atoms with van der Waals surface area (Å²) in [6.45, 7) is 11.5. The topological polar surface area (TPSA) is 174 Å². The van der Waals surface area contributed by atoms with Crippen molar-refractivity contribution in [1.29, 1.82) is 0 Å². The van der Waals surface area contributed by atoms with Crippen LogP contribution in [-0.4, -0.2) is 85.0 Å². The number of aliphatic carboxylic acids is 1. The fourth-order valence-corrected chi connectivity index (χ4v) is 15.1. The number of aliphatic hydroxyl groups is 3. The van der Waals surface area contributed by atoms with E-state index in [1.807, 2.05) is 39.8 Å². The summed E-state index contributed by atoms with van der Waals surface area (Å²) in [5.41, 5.74) is -3.44. The van der Waals surface area contributed by atoms with E-state index in [-0.39, 0.29) is 81.3 Å². The third-order valence-corrected chi connectivity index (χ3v) is 17.9. The molecule has 16 atom stereocenters. The predicted octanol–water partition coefficient (Wildman–Crippen LogP) is 4.45. The summed E-state index contributed by atoms with van der Waals surface area (Å²) < 4.78 is 12.8. The van der Waals surface area contributed by atoms with Gasteiger partial charge in [0.15, 0.2) is 23.0 Å². The van der Waals surface area contributed by atoms with Crippen molar-refractivity contribution in [3.63, 3.8) is 0 Å². The van der Waals surface area contributed by atoms with E-state index in [4.69, 9.17) is 9.47 Å². The van der Waals surface area contributed by atoms with Crippen molar-refractivity contribution in [2.45, 2.75) is 128 Å². The number of carboxylic acid groups (broad SMARTS) is 1. The Bertz CT molecular complexity index is 1880. The molecule has 4 unspecified atom stereocenters. The van der Waals surface area contributed by atoms with E-state index in [2.05, 4.69) is 13.8 Å². The number of rotatable bonds is 3. The molecule has 53 heavy (non-hydrogen) atoms. The summed E-state index contributed by atoms with van der Waals surface area (Å²) in [4.78, 5) is 48.4. The molecule has 2 aliphatic heterocycles. The number of Topliss-reactive ketones (excluding diaryl/α,β-unsaturated/α-hetero) is 1. The lowest BCUT2D eigenvalue weighted by Crippen LogP contribution is -2.62. The molecule has 6 saturated carbocycles. The van der Waals surface area contributed by atoms with Crippen LogP contribution in [0.15, 0.2) is 47.6 Å². The molecule has 2 spiro atoms. The number of aliphatic hydroxyl groups excluding tert-OH is 1. The summed E-state index contributed by atoms with van der Waals surface area (Å²) in [6.07, 6.45) is 17.0. The van der Waals surface area contributed by atoms with Gasteiger partial charge in [0.25, 0.3) is 0 Å². The lowest BCUT2D eigenvalue weighted by atomic mass is 9.46. The minimum Gasteiger partial charge on any atom is -0.479 e. The van der Waals surface area contributed by atoms with Crippen molar-refractivity contribution < 1.29 is 49.1 Å². The second-order valence-corrected chi connectivity index (χ2v) is 19.5. The van der Waals surface area contributed by atoms with Gasteiger partial charge in [-0.25, -0.2) is 4.79 Å². The molecule has 10 nitrogen and oxygen atoms in total. The van der Waals surface area contributed by atoms with Gasteiger partial charge in [-0.2, -0.15) is 0 Å². The normalized spacial score (nSPS) is 55.9. The molecular weight excluding hydrogens is 676 g/mol. The molecule has 10 rings (SSSR count). The first-order valence-electron chi connectivity index (χ1n) is 19.8. The SMILES string of the molecule is C[C@@H]1CC2C3CCC4=CC(=O)C=C[C@]4(C)[C@@]34O[C@H]4C[C@]2(C)[C@@]1(O)C(=O)CO.C[C@@H]1CC2C3CCC4=CC(=O)C=C[C@]4(C)[C@@]34O[C@H]4C[C@]2(C)[C@@]1(O)C(=O)O. The van der Waals surface area contributed by atoms with E-state index in [1.165, 1.54) is 0 Å². The molecule has 4 N–H and O–H groups in total. The van der Waals surface area contributed by atoms with Crippen LogP contribution >= 0.6 is 0 Å². The van der Waals surface area contributed by atoms with E-state index >= 15 is 0 Å². The molecule has 0 aromatic carbocycles. The van der Waals surface area contributed by atoms with Crippen molar-refractivity contribution in [3.8, 4) is 0 Å². The zero-order chi connectivity index (χ0) is 38.1. The summed E-state index contributed by atoms with van der Waals surface area (Å²) in [6, 6.07) is 0. The molecule has 0 aromatic heterocycles. The Balaban J connectivity index is 0.000000141. The third-order valence-electron chi connectivity index (χ3n) is 17.9. The predicted molar refractivity (Wildman–Crippen MR) is 191 cm³/mol. The molecule has 2 saturated heterocycles. The number of carboxylic acids is 1. The van der Waals surface area contributed by atoms with Gasteiger partial charge in [0, 0.05) is 21.7 Å². The van der Waals surface area contributed by atoms with Gasteiger partial charge < -0.3 is 29.9 Å². The fourth-order valence-electron chi connectivity index (χ4n) is 15.1. The van der Waals surface area contributed by atoms with Crippen LogP contribution in [0, 0.1) is 57.2 Å². The van der Waals surface area contributed by atoms with E-state index in [1.54, 1.807) is 24.3 Å². The maximum Gasteiger partial charge on any atom is 0.336 e. The van der Waals surface area contributed by atoms with Crippen LogP contribution in [0.4, 0.5) is 0 Å². The smallest absolute Gasteiger partial charge is 0.336 e. The summed E-state index contributed by atoms with van der Waals surface area (Å²) in [5, 5.41) is 42.1. The quantitative estimate of drug-likeness (QED) is 0.304. The summed E-state index contributed by atoms with van der Waals surface area (Å²) in [7, 11) is 0. The number of ketones is 3. The Morgan fingerprint density at radius 2 is 1.13 bits per heavy atom. The minimum absolute atomic E-state index is 0.0291. The van der Waals surface area contributed by atoms with Gasteiger partial charge in [0.2, 0.25) is 0 Å². The van der Waals surface area contributed by atoms with Gasteiger partial charge in [0.05, 0.1) is 12.2 Å². The average Bonchev–Trinajstić information content (AvgIpc) is 3.99. The number of fused-ring (bicyclic) bond motifs is 6. The van der Waals surface area contributed by atoms with E-state index in [0.29, 0.717) is 19.3 Å². The first kappa shape index (κ1) is 35.9. The zero-order valence-corrected chi connectivity index (χ0v) is 31.7. The lowest BCUT2D eigenvalue weighted by Gasteiger charge is -2.55. The van der Waals surface area contributed by atoms with Crippen molar-refractivity contribution in [2.24, 2.45) is 57.2 Å². The average molecular weight is 731 g/mol. The highest BCUT2D eigenvalue weighted by Crippen LogP contribution is 2.78. The number of allylic oxidation sites excluding steroid dienone is 4. The standard InChI is InChI=1S/C22H28O5.C21H26O5/c1-12-8-16-15-5-4-13-9-14(24)6-7-19(13,2)22(15)18(27-22)10-20(16,3)21(12,26)17(25)11-23;1-11-8-15-14-5-4-12-9-13(22)6-7-18(12,2)21(14)16(26-21)10-19(15,3)20(11,25)17(23)24/h6-7,9,12,15-16,18,23,26H,4-5,8,10-11H2,1-3H3;6-7,9,11,14-16,25H,4-5,8,10H2,1-3H3,(H,23,24)/t12-,15?,16?,18+,19+,20+,21+,22-;11-,14?,15?,16+,18+,19+,20+,21-/m11/s1. The molecule has 8 aliphatic carbocycles. The minimum atomic E-state index is -1.70. The molecule has 10 heteroatoms. The number of epoxide rings is 2. The highest BCUT2D eigenvalue weighted by Gasteiger charge is 2.83. The molecule has 10 aliphatic rings. The van der Waals surface area contributed by atoms with Crippen molar-refractivity contribution >= 4 is 23.3 Å². The summed E-state index contributed by atoms with van der Waals surface area (Å²) >= 11 is 0. The van der Waals surface area contributed by atoms with Gasteiger partial charge in [-0.3, -0.25) is 14.4 Å². The van der Waals surface area contributed by atoms with Crippen molar-refractivity contribution in [2.75, 3.05) is 6.61 Å². The molecule has 2 heterocycles. The van der Waals surface area contributed by atoms with E-state index < -0.39 is 40.4 Å². The molecule has 286 valence electrons. The molecule has 0 radical (unpaired) electrons. The summed E-state index contributed by atoms with van der Waals surface area (Å²) in [5.74, 6) is -1.21. The van der Waals surface area contributed by atoms with Gasteiger partial charge in [-0.05, 0) is 125 Å². The molecule has 0 aromatic rings. The van der Waals surface area contributed by atoms with E-state index in [9.17, 15) is 39.6 Å². The first-order valence-corrected chi connectivity index (χ1v) is 19.8. The molecule has 0 bridgehead atoms. The van der Waals surface area contributed by atoms with Crippen LogP contribution in [0.3, 0.4) is 0 Å². The molecule has 0 amide bonds. The van der Waals surface area contributed by atoms with Crippen LogP contribution in [-0.2, 0) is 28.7 Å². The molecule has 8 fully saturated rings. The van der Waals surface area contributed by atoms with E-state index in [0.717, 1.165) is 43.3 Å². The Labute approximate surface area is 310 Å². The largest absolute Gasteiger partial charge is 0.479 e. The van der Waals surface area contributed by atoms with Gasteiger partial charge >= 0.3 is 5.97 Å². The molecular formula is C43H54O10. The van der Waals surface area contributed by atoms with Crippen LogP contribution in [0.2, 0.25) is 0 Å². The van der Waals surface area contributed by atoms with Crippen LogP contribution in [0.25, 0.3) is 0 Å². The maximum atomic E-state index is 12.6. The zero-order valence-electron chi connectivity index (χ0n) is 31.7. The number of carbonyl (C=O) groups excluding carboxylic acids is 3.